The molecule has 18 heavy (non-hydrogen) atoms. The smallest absolute Gasteiger partial charge is 0.133 e. The summed E-state index contributed by atoms with van der Waals surface area (Å²) in [4.78, 5) is 11.8. The van der Waals surface area contributed by atoms with Crippen molar-refractivity contribution in [3.8, 4) is 0 Å². The van der Waals surface area contributed by atoms with Crippen LogP contribution in [-0.2, 0) is 4.79 Å². The lowest BCUT2D eigenvalue weighted by atomic mass is 9.89. The van der Waals surface area contributed by atoms with Crippen LogP contribution in [0.5, 0.6) is 0 Å². The van der Waals surface area contributed by atoms with Crippen molar-refractivity contribution in [2.45, 2.75) is 51.9 Å². The lowest BCUT2D eigenvalue weighted by molar-refractivity contribution is -0.119. The molecule has 1 aromatic rings. The van der Waals surface area contributed by atoms with E-state index in [1.807, 2.05) is 19.1 Å². The zero-order chi connectivity index (χ0) is 13.5. The van der Waals surface area contributed by atoms with Crippen LogP contribution in [-0.4, -0.2) is 5.78 Å². The van der Waals surface area contributed by atoms with Gasteiger partial charge in [0.1, 0.15) is 11.6 Å². The molecule has 0 spiro atoms. The summed E-state index contributed by atoms with van der Waals surface area (Å²) in [5, 5.41) is 0.580. The second-order valence-electron chi connectivity index (χ2n) is 4.76. The van der Waals surface area contributed by atoms with Crippen LogP contribution in [0.3, 0.4) is 0 Å². The monoisotopic (exact) mass is 268 g/mol. The van der Waals surface area contributed by atoms with Crippen LogP contribution >= 0.6 is 9.24 Å². The maximum atomic E-state index is 13.2. The van der Waals surface area contributed by atoms with Crippen LogP contribution in [0.4, 0.5) is 4.39 Å². The number of halogens is 1. The molecule has 1 nitrogen and oxygen atoms in total. The molecule has 0 fully saturated rings. The molecule has 1 rings (SSSR count). The summed E-state index contributed by atoms with van der Waals surface area (Å²) in [7, 11) is 2.41. The molecule has 3 heteroatoms. The van der Waals surface area contributed by atoms with Gasteiger partial charge in [-0.05, 0) is 36.5 Å². The van der Waals surface area contributed by atoms with Gasteiger partial charge in [-0.2, -0.15) is 0 Å². The van der Waals surface area contributed by atoms with E-state index in [-0.39, 0.29) is 11.7 Å². The minimum Gasteiger partial charge on any atom is -0.300 e. The van der Waals surface area contributed by atoms with E-state index in [0.717, 1.165) is 24.8 Å². The molecule has 0 aliphatic carbocycles. The number of hydrogen-bond acceptors (Lipinski definition) is 1. The average molecular weight is 268 g/mol. The van der Waals surface area contributed by atoms with Crippen LogP contribution in [0.2, 0.25) is 0 Å². The van der Waals surface area contributed by atoms with E-state index in [1.165, 1.54) is 6.07 Å². The number of rotatable bonds is 7. The molecule has 2 atom stereocenters. The maximum Gasteiger partial charge on any atom is 0.133 e. The summed E-state index contributed by atoms with van der Waals surface area (Å²) >= 11 is 0. The van der Waals surface area contributed by atoms with Gasteiger partial charge < -0.3 is 0 Å². The van der Waals surface area contributed by atoms with Gasteiger partial charge in [-0.15, -0.1) is 9.24 Å². The van der Waals surface area contributed by atoms with E-state index >= 15 is 0 Å². The summed E-state index contributed by atoms with van der Waals surface area (Å²) in [6, 6.07) is 5.15. The van der Waals surface area contributed by atoms with Crippen LogP contribution in [0.15, 0.2) is 18.2 Å². The summed E-state index contributed by atoms with van der Waals surface area (Å²) in [6.45, 7) is 4.13. The second-order valence-corrected chi connectivity index (χ2v) is 5.38. The largest absolute Gasteiger partial charge is 0.300 e. The Bertz CT molecular complexity index is 403. The van der Waals surface area contributed by atoms with Crippen molar-refractivity contribution >= 4 is 20.3 Å². The van der Waals surface area contributed by atoms with Gasteiger partial charge >= 0.3 is 0 Å². The molecule has 0 aromatic heterocycles. The SMILES string of the molecule is CCCC(=O)CC(CCC)c1ccc(F)c(P)c1. The number of Topliss-reactive ketones (excluding diaryl/α,β-unsaturated/α-hetero) is 1. The summed E-state index contributed by atoms with van der Waals surface area (Å²) < 4.78 is 13.2. The van der Waals surface area contributed by atoms with Crippen LogP contribution in [0, 0.1) is 5.82 Å². The molecule has 0 bridgehead atoms. The van der Waals surface area contributed by atoms with E-state index in [9.17, 15) is 9.18 Å². The van der Waals surface area contributed by atoms with Gasteiger partial charge in [0.25, 0.3) is 0 Å². The third kappa shape index (κ3) is 4.49. The van der Waals surface area contributed by atoms with Crippen LogP contribution in [0.25, 0.3) is 0 Å². The highest BCUT2D eigenvalue weighted by Gasteiger charge is 2.15. The number of benzene rings is 1. The van der Waals surface area contributed by atoms with Gasteiger partial charge in [0.2, 0.25) is 0 Å². The van der Waals surface area contributed by atoms with Crippen molar-refractivity contribution < 1.29 is 9.18 Å². The van der Waals surface area contributed by atoms with Gasteiger partial charge in [0.05, 0.1) is 0 Å². The van der Waals surface area contributed by atoms with Crippen molar-refractivity contribution in [2.24, 2.45) is 0 Å². The van der Waals surface area contributed by atoms with E-state index in [4.69, 9.17) is 0 Å². The Morgan fingerprint density at radius 3 is 2.61 bits per heavy atom. The lowest BCUT2D eigenvalue weighted by Gasteiger charge is -2.16. The summed E-state index contributed by atoms with van der Waals surface area (Å²) in [5.74, 6) is 0.332. The molecule has 0 saturated carbocycles. The van der Waals surface area contributed by atoms with Gasteiger partial charge in [-0.1, -0.05) is 26.3 Å². The van der Waals surface area contributed by atoms with E-state index in [0.29, 0.717) is 23.9 Å². The molecular weight excluding hydrogens is 246 g/mol. The normalized spacial score (nSPS) is 12.4. The molecule has 100 valence electrons. The van der Waals surface area contributed by atoms with E-state index in [1.54, 1.807) is 0 Å². The van der Waals surface area contributed by atoms with E-state index in [2.05, 4.69) is 16.2 Å². The average Bonchev–Trinajstić information content (AvgIpc) is 2.32. The fourth-order valence-corrected chi connectivity index (χ4v) is 2.50. The molecule has 0 N–H and O–H groups in total. The fourth-order valence-electron chi connectivity index (χ4n) is 2.21. The Morgan fingerprint density at radius 2 is 2.06 bits per heavy atom. The quantitative estimate of drug-likeness (QED) is 0.684. The summed E-state index contributed by atoms with van der Waals surface area (Å²) in [6.07, 6.45) is 4.14. The Kier molecular flexibility index (Phi) is 6.49. The Balaban J connectivity index is 2.82. The van der Waals surface area contributed by atoms with Crippen molar-refractivity contribution in [3.05, 3.63) is 29.6 Å². The third-order valence-electron chi connectivity index (χ3n) is 3.13. The maximum absolute atomic E-state index is 13.2. The zero-order valence-corrected chi connectivity index (χ0v) is 12.4. The fraction of sp³-hybridized carbons (Fsp3) is 0.533. The highest BCUT2D eigenvalue weighted by Crippen LogP contribution is 2.26. The molecule has 0 aliphatic heterocycles. The first-order valence-corrected chi connectivity index (χ1v) is 7.22. The number of hydrogen-bond donors (Lipinski definition) is 0. The molecule has 0 aliphatic rings. The van der Waals surface area contributed by atoms with Crippen molar-refractivity contribution in [2.75, 3.05) is 0 Å². The van der Waals surface area contributed by atoms with Crippen molar-refractivity contribution in [3.63, 3.8) is 0 Å². The third-order valence-corrected chi connectivity index (χ3v) is 3.57. The van der Waals surface area contributed by atoms with Crippen molar-refractivity contribution in [1.29, 1.82) is 0 Å². The molecule has 0 heterocycles. The Labute approximate surface area is 111 Å². The standard InChI is InChI=1S/C15H22FOP/c1-3-5-11(9-13(17)6-4-2)12-7-8-14(16)15(18)10-12/h7-8,10-11H,3-6,9,18H2,1-2H3. The predicted octanol–water partition coefficient (Wildman–Crippen LogP) is 3.97. The first-order valence-electron chi connectivity index (χ1n) is 6.65. The highest BCUT2D eigenvalue weighted by molar-refractivity contribution is 7.27. The molecule has 2 unspecified atom stereocenters. The van der Waals surface area contributed by atoms with Crippen LogP contribution in [0.1, 0.15) is 57.4 Å². The minimum absolute atomic E-state index is 0.209. The van der Waals surface area contributed by atoms with Gasteiger partial charge in [0.15, 0.2) is 0 Å². The lowest BCUT2D eigenvalue weighted by Crippen LogP contribution is -2.09. The molecule has 0 radical (unpaired) electrons. The predicted molar refractivity (Wildman–Crippen MR) is 77.9 cm³/mol. The first-order chi connectivity index (χ1) is 8.58. The topological polar surface area (TPSA) is 17.1 Å². The minimum atomic E-state index is -0.209. The summed E-state index contributed by atoms with van der Waals surface area (Å²) in [5.41, 5.74) is 1.08. The molecular formula is C15H22FOP. The van der Waals surface area contributed by atoms with Gasteiger partial charge in [-0.25, -0.2) is 4.39 Å². The number of carbonyl (C=O) groups excluding carboxylic acids is 1. The Morgan fingerprint density at radius 1 is 1.33 bits per heavy atom. The highest BCUT2D eigenvalue weighted by atomic mass is 31.0. The number of ketones is 1. The first kappa shape index (κ1) is 15.3. The van der Waals surface area contributed by atoms with Gasteiger partial charge in [0, 0.05) is 18.1 Å². The zero-order valence-electron chi connectivity index (χ0n) is 11.2. The van der Waals surface area contributed by atoms with Gasteiger partial charge in [-0.3, -0.25) is 4.79 Å². The van der Waals surface area contributed by atoms with Crippen LogP contribution < -0.4 is 5.30 Å². The second kappa shape index (κ2) is 7.63. The molecule has 1 aromatic carbocycles. The van der Waals surface area contributed by atoms with E-state index < -0.39 is 0 Å². The number of carbonyl (C=O) groups is 1. The van der Waals surface area contributed by atoms with Crippen molar-refractivity contribution in [1.82, 2.24) is 0 Å². The molecule has 0 saturated heterocycles. The molecule has 0 amide bonds. The Hall–Kier alpha value is -0.750.